The van der Waals surface area contributed by atoms with E-state index in [1.165, 1.54) is 5.69 Å². The average Bonchev–Trinajstić information content (AvgIpc) is 2.83. The molecule has 1 aliphatic rings. The van der Waals surface area contributed by atoms with Crippen molar-refractivity contribution >= 4 is 5.91 Å². The van der Waals surface area contributed by atoms with Gasteiger partial charge in [-0.3, -0.25) is 4.79 Å². The van der Waals surface area contributed by atoms with Crippen molar-refractivity contribution in [1.29, 1.82) is 0 Å². The maximum Gasteiger partial charge on any atom is 0.221 e. The maximum absolute atomic E-state index is 11.0. The second kappa shape index (κ2) is 4.49. The van der Waals surface area contributed by atoms with Gasteiger partial charge in [0.05, 0.1) is 0 Å². The normalized spacial score (nSPS) is 20.6. The SMILES string of the molecule is CCn1cccc1CNC1CNC(=O)C1. The summed E-state index contributed by atoms with van der Waals surface area (Å²) in [6, 6.07) is 4.46. The summed E-state index contributed by atoms with van der Waals surface area (Å²) in [6.45, 7) is 4.71. The average molecular weight is 207 g/mol. The number of aryl methyl sites for hydroxylation is 1. The van der Waals surface area contributed by atoms with Crippen LogP contribution in [0.5, 0.6) is 0 Å². The third-order valence-corrected chi connectivity index (χ3v) is 2.81. The molecule has 1 atom stereocenters. The quantitative estimate of drug-likeness (QED) is 0.754. The van der Waals surface area contributed by atoms with E-state index in [1.54, 1.807) is 0 Å². The van der Waals surface area contributed by atoms with E-state index in [1.807, 2.05) is 0 Å². The predicted octanol–water partition coefficient (Wildman–Crippen LogP) is 0.486. The van der Waals surface area contributed by atoms with Gasteiger partial charge in [-0.2, -0.15) is 0 Å². The predicted molar refractivity (Wildman–Crippen MR) is 58.4 cm³/mol. The molecule has 1 aliphatic heterocycles. The van der Waals surface area contributed by atoms with Crippen LogP contribution < -0.4 is 10.6 Å². The van der Waals surface area contributed by atoms with Crippen molar-refractivity contribution in [1.82, 2.24) is 15.2 Å². The van der Waals surface area contributed by atoms with Gasteiger partial charge >= 0.3 is 0 Å². The number of hydrogen-bond acceptors (Lipinski definition) is 2. The monoisotopic (exact) mass is 207 g/mol. The van der Waals surface area contributed by atoms with Gasteiger partial charge in [0.2, 0.25) is 5.91 Å². The summed E-state index contributed by atoms with van der Waals surface area (Å²) in [7, 11) is 0. The van der Waals surface area contributed by atoms with Crippen LogP contribution in [0.1, 0.15) is 19.0 Å². The van der Waals surface area contributed by atoms with Crippen LogP contribution in [0.2, 0.25) is 0 Å². The first-order valence-electron chi connectivity index (χ1n) is 5.43. The Morgan fingerprint density at radius 1 is 1.67 bits per heavy atom. The highest BCUT2D eigenvalue weighted by atomic mass is 16.1. The molecule has 2 rings (SSSR count). The van der Waals surface area contributed by atoms with E-state index in [9.17, 15) is 4.79 Å². The molecule has 2 heterocycles. The Balaban J connectivity index is 1.85. The minimum Gasteiger partial charge on any atom is -0.354 e. The lowest BCUT2D eigenvalue weighted by atomic mass is 10.2. The molecule has 0 aliphatic carbocycles. The summed E-state index contributed by atoms with van der Waals surface area (Å²) >= 11 is 0. The molecule has 1 saturated heterocycles. The first-order valence-corrected chi connectivity index (χ1v) is 5.43. The molecule has 0 aromatic carbocycles. The lowest BCUT2D eigenvalue weighted by molar-refractivity contribution is -0.119. The summed E-state index contributed by atoms with van der Waals surface area (Å²) in [6.07, 6.45) is 2.68. The molecule has 1 fully saturated rings. The third-order valence-electron chi connectivity index (χ3n) is 2.81. The Morgan fingerprint density at radius 2 is 2.53 bits per heavy atom. The number of nitrogens with one attached hydrogen (secondary N) is 2. The van der Waals surface area contributed by atoms with Crippen LogP contribution in [0.25, 0.3) is 0 Å². The standard InChI is InChI=1S/C11H17N3O/c1-2-14-5-3-4-10(14)8-12-9-6-11(15)13-7-9/h3-5,9,12H,2,6-8H2,1H3,(H,13,15). The van der Waals surface area contributed by atoms with Gasteiger partial charge < -0.3 is 15.2 Å². The number of hydrogen-bond donors (Lipinski definition) is 2. The van der Waals surface area contributed by atoms with Crippen molar-refractivity contribution < 1.29 is 4.79 Å². The number of carbonyl (C=O) groups excluding carboxylic acids is 1. The summed E-state index contributed by atoms with van der Waals surface area (Å²) in [5.41, 5.74) is 1.27. The topological polar surface area (TPSA) is 46.1 Å². The van der Waals surface area contributed by atoms with E-state index >= 15 is 0 Å². The van der Waals surface area contributed by atoms with E-state index in [2.05, 4.69) is 40.5 Å². The number of nitrogens with zero attached hydrogens (tertiary/aromatic N) is 1. The Labute approximate surface area is 89.7 Å². The van der Waals surface area contributed by atoms with Crippen molar-refractivity contribution in [2.45, 2.75) is 32.5 Å². The molecule has 4 nitrogen and oxygen atoms in total. The minimum absolute atomic E-state index is 0.151. The maximum atomic E-state index is 11.0. The van der Waals surface area contributed by atoms with Crippen molar-refractivity contribution in [3.8, 4) is 0 Å². The van der Waals surface area contributed by atoms with Gasteiger partial charge in [0.15, 0.2) is 0 Å². The van der Waals surface area contributed by atoms with Crippen molar-refractivity contribution in [3.05, 3.63) is 24.0 Å². The minimum atomic E-state index is 0.151. The fraction of sp³-hybridized carbons (Fsp3) is 0.545. The molecule has 0 spiro atoms. The Kier molecular flexibility index (Phi) is 3.06. The second-order valence-electron chi connectivity index (χ2n) is 3.87. The molecule has 4 heteroatoms. The van der Waals surface area contributed by atoms with Crippen LogP contribution in [-0.2, 0) is 17.9 Å². The molecule has 2 N–H and O–H groups in total. The summed E-state index contributed by atoms with van der Waals surface area (Å²) < 4.78 is 2.21. The Bertz CT molecular complexity index is 345. The van der Waals surface area contributed by atoms with E-state index in [0.717, 1.165) is 19.6 Å². The number of aromatic nitrogens is 1. The lowest BCUT2D eigenvalue weighted by Crippen LogP contribution is -2.31. The molecular formula is C11H17N3O. The molecule has 0 radical (unpaired) electrons. The van der Waals surface area contributed by atoms with E-state index in [4.69, 9.17) is 0 Å². The van der Waals surface area contributed by atoms with Gasteiger partial charge in [-0.1, -0.05) is 0 Å². The van der Waals surface area contributed by atoms with Gasteiger partial charge in [0.25, 0.3) is 0 Å². The van der Waals surface area contributed by atoms with Crippen molar-refractivity contribution in [2.24, 2.45) is 0 Å². The van der Waals surface area contributed by atoms with Gasteiger partial charge in [-0.25, -0.2) is 0 Å². The highest BCUT2D eigenvalue weighted by Crippen LogP contribution is 2.04. The number of rotatable bonds is 4. The van der Waals surface area contributed by atoms with Gasteiger partial charge in [0.1, 0.15) is 0 Å². The van der Waals surface area contributed by atoms with Crippen molar-refractivity contribution in [3.63, 3.8) is 0 Å². The first kappa shape index (κ1) is 10.2. The fourth-order valence-electron chi connectivity index (χ4n) is 1.92. The van der Waals surface area contributed by atoms with E-state index < -0.39 is 0 Å². The van der Waals surface area contributed by atoms with Crippen LogP contribution in [0.15, 0.2) is 18.3 Å². The van der Waals surface area contributed by atoms with E-state index in [-0.39, 0.29) is 11.9 Å². The third kappa shape index (κ3) is 2.39. The molecule has 0 saturated carbocycles. The molecule has 82 valence electrons. The molecule has 1 aromatic rings. The number of amides is 1. The fourth-order valence-corrected chi connectivity index (χ4v) is 1.92. The van der Waals surface area contributed by atoms with Gasteiger partial charge in [0, 0.05) is 44.0 Å². The number of carbonyl (C=O) groups is 1. The molecule has 0 bridgehead atoms. The zero-order chi connectivity index (χ0) is 10.7. The van der Waals surface area contributed by atoms with Crippen LogP contribution in [0.3, 0.4) is 0 Å². The largest absolute Gasteiger partial charge is 0.354 e. The Hall–Kier alpha value is -1.29. The first-order chi connectivity index (χ1) is 7.29. The lowest BCUT2D eigenvalue weighted by Gasteiger charge is -2.11. The molecule has 1 amide bonds. The second-order valence-corrected chi connectivity index (χ2v) is 3.87. The van der Waals surface area contributed by atoms with Crippen molar-refractivity contribution in [2.75, 3.05) is 6.54 Å². The Morgan fingerprint density at radius 3 is 3.20 bits per heavy atom. The smallest absolute Gasteiger partial charge is 0.221 e. The summed E-state index contributed by atoms with van der Waals surface area (Å²) in [4.78, 5) is 11.0. The van der Waals surface area contributed by atoms with Crippen LogP contribution in [0, 0.1) is 0 Å². The molecule has 15 heavy (non-hydrogen) atoms. The van der Waals surface area contributed by atoms with Gasteiger partial charge in [-0.05, 0) is 19.1 Å². The van der Waals surface area contributed by atoms with Crippen LogP contribution in [-0.4, -0.2) is 23.1 Å². The molecule has 1 aromatic heterocycles. The molecular weight excluding hydrogens is 190 g/mol. The highest BCUT2D eigenvalue weighted by molar-refractivity contribution is 5.78. The van der Waals surface area contributed by atoms with E-state index in [0.29, 0.717) is 6.42 Å². The summed E-state index contributed by atoms with van der Waals surface area (Å²) in [5, 5.41) is 6.21. The van der Waals surface area contributed by atoms with Crippen LogP contribution in [0.4, 0.5) is 0 Å². The highest BCUT2D eigenvalue weighted by Gasteiger charge is 2.20. The zero-order valence-electron chi connectivity index (χ0n) is 8.99. The zero-order valence-corrected chi connectivity index (χ0v) is 8.99. The molecule has 1 unspecified atom stereocenters. The van der Waals surface area contributed by atoms with Gasteiger partial charge in [-0.15, -0.1) is 0 Å². The summed E-state index contributed by atoms with van der Waals surface area (Å²) in [5.74, 6) is 0.151. The van der Waals surface area contributed by atoms with Crippen LogP contribution >= 0.6 is 0 Å².